The Morgan fingerprint density at radius 1 is 0.925 bits per heavy atom. The molecule has 0 bridgehead atoms. The van der Waals surface area contributed by atoms with E-state index < -0.39 is 6.04 Å². The Bertz CT molecular complexity index is 1440. The molecule has 0 aromatic heterocycles. The lowest BCUT2D eigenvalue weighted by atomic mass is 10.0. The maximum Gasteiger partial charge on any atom is 0.261 e. The molecular formula is C33H35BrN2O4. The van der Waals surface area contributed by atoms with Crippen LogP contribution in [0.3, 0.4) is 0 Å². The van der Waals surface area contributed by atoms with Crippen molar-refractivity contribution in [2.75, 3.05) is 13.7 Å². The van der Waals surface area contributed by atoms with Crippen molar-refractivity contribution in [1.82, 2.24) is 10.2 Å². The summed E-state index contributed by atoms with van der Waals surface area (Å²) in [6.07, 6.45) is 1.16. The van der Waals surface area contributed by atoms with Crippen LogP contribution in [0.2, 0.25) is 0 Å². The van der Waals surface area contributed by atoms with E-state index >= 15 is 0 Å². The lowest BCUT2D eigenvalue weighted by molar-refractivity contribution is -0.143. The van der Waals surface area contributed by atoms with Gasteiger partial charge in [0.05, 0.1) is 11.6 Å². The van der Waals surface area contributed by atoms with Crippen LogP contribution in [0.4, 0.5) is 0 Å². The monoisotopic (exact) mass is 602 g/mol. The van der Waals surface area contributed by atoms with E-state index in [4.69, 9.17) is 9.47 Å². The predicted molar refractivity (Wildman–Crippen MR) is 163 cm³/mol. The number of carbonyl (C=O) groups excluding carboxylic acids is 2. The highest BCUT2D eigenvalue weighted by molar-refractivity contribution is 9.10. The summed E-state index contributed by atoms with van der Waals surface area (Å²) >= 11 is 3.64. The summed E-state index contributed by atoms with van der Waals surface area (Å²) in [5, 5.41) is 5.15. The van der Waals surface area contributed by atoms with Crippen LogP contribution in [0.15, 0.2) is 95.5 Å². The van der Waals surface area contributed by atoms with E-state index in [2.05, 4.69) is 21.2 Å². The molecule has 2 atom stereocenters. The van der Waals surface area contributed by atoms with Crippen LogP contribution >= 0.6 is 15.9 Å². The van der Waals surface area contributed by atoms with Gasteiger partial charge < -0.3 is 19.7 Å². The van der Waals surface area contributed by atoms with Crippen molar-refractivity contribution in [1.29, 1.82) is 0 Å². The number of nitrogens with one attached hydrogen (secondary N) is 1. The highest BCUT2D eigenvalue weighted by Gasteiger charge is 2.31. The molecule has 0 saturated heterocycles. The first-order valence-corrected chi connectivity index (χ1v) is 14.3. The van der Waals surface area contributed by atoms with Crippen LogP contribution in [0.1, 0.15) is 31.4 Å². The van der Waals surface area contributed by atoms with E-state index in [9.17, 15) is 9.59 Å². The summed E-state index contributed by atoms with van der Waals surface area (Å²) in [5.41, 5.74) is 1.82. The molecule has 4 aromatic carbocycles. The minimum Gasteiger partial charge on any atom is -0.497 e. The molecule has 0 saturated carbocycles. The number of amides is 2. The minimum atomic E-state index is -0.737. The maximum atomic E-state index is 13.9. The van der Waals surface area contributed by atoms with Crippen molar-refractivity contribution in [2.24, 2.45) is 0 Å². The fourth-order valence-electron chi connectivity index (χ4n) is 4.51. The average molecular weight is 604 g/mol. The number of fused-ring (bicyclic) bond motifs is 1. The highest BCUT2D eigenvalue weighted by Crippen LogP contribution is 2.33. The van der Waals surface area contributed by atoms with Gasteiger partial charge in [0.25, 0.3) is 5.91 Å². The number of halogens is 1. The summed E-state index contributed by atoms with van der Waals surface area (Å²) in [5.74, 6) is 0.770. The molecule has 4 rings (SSSR count). The van der Waals surface area contributed by atoms with E-state index in [-0.39, 0.29) is 31.0 Å². The smallest absolute Gasteiger partial charge is 0.261 e. The number of carbonyl (C=O) groups is 2. The van der Waals surface area contributed by atoms with Gasteiger partial charge >= 0.3 is 0 Å². The molecule has 0 aliphatic carbocycles. The average Bonchev–Trinajstić information content (AvgIpc) is 2.99. The zero-order valence-electron chi connectivity index (χ0n) is 23.1. The fourth-order valence-corrected chi connectivity index (χ4v) is 5.12. The van der Waals surface area contributed by atoms with E-state index in [1.54, 1.807) is 12.0 Å². The van der Waals surface area contributed by atoms with Gasteiger partial charge in [-0.1, -0.05) is 79.7 Å². The van der Waals surface area contributed by atoms with Crippen molar-refractivity contribution >= 4 is 38.5 Å². The van der Waals surface area contributed by atoms with Crippen molar-refractivity contribution in [3.63, 3.8) is 0 Å². The van der Waals surface area contributed by atoms with E-state index in [0.717, 1.165) is 32.8 Å². The first kappa shape index (κ1) is 29.2. The SMILES string of the molecule is CC[C@@H](C)NC(=O)[C@H](Cc1ccccc1)N(Cc1cccc(OC)c1)C(=O)COc1ccc2ccccc2c1Br. The molecule has 0 aliphatic heterocycles. The van der Waals surface area contributed by atoms with Gasteiger partial charge in [-0.2, -0.15) is 0 Å². The third-order valence-electron chi connectivity index (χ3n) is 6.94. The highest BCUT2D eigenvalue weighted by atomic mass is 79.9. The second kappa shape index (κ2) is 14.0. The molecule has 0 aliphatic rings. The lowest BCUT2D eigenvalue weighted by Gasteiger charge is -2.32. The van der Waals surface area contributed by atoms with E-state index in [1.807, 2.05) is 105 Å². The first-order valence-electron chi connectivity index (χ1n) is 13.5. The second-order valence-corrected chi connectivity index (χ2v) is 10.6. The molecule has 1 N–H and O–H groups in total. The van der Waals surface area contributed by atoms with Gasteiger partial charge in [-0.15, -0.1) is 0 Å². The molecule has 0 fully saturated rings. The number of hydrogen-bond acceptors (Lipinski definition) is 4. The Balaban J connectivity index is 1.65. The van der Waals surface area contributed by atoms with E-state index in [1.165, 1.54) is 0 Å². The third kappa shape index (κ3) is 7.42. The van der Waals surface area contributed by atoms with Gasteiger partial charge in [0.2, 0.25) is 5.91 Å². The van der Waals surface area contributed by atoms with E-state index in [0.29, 0.717) is 17.9 Å². The molecule has 4 aromatic rings. The van der Waals surface area contributed by atoms with Crippen LogP contribution in [0.5, 0.6) is 11.5 Å². The molecule has 0 unspecified atom stereocenters. The molecule has 0 heterocycles. The van der Waals surface area contributed by atoms with Crippen molar-refractivity contribution in [3.8, 4) is 11.5 Å². The van der Waals surface area contributed by atoms with Gasteiger partial charge in [0, 0.05) is 19.0 Å². The van der Waals surface area contributed by atoms with Gasteiger partial charge in [0.15, 0.2) is 6.61 Å². The molecule has 0 spiro atoms. The molecule has 7 heteroatoms. The second-order valence-electron chi connectivity index (χ2n) is 9.78. The summed E-state index contributed by atoms with van der Waals surface area (Å²) in [6.45, 7) is 3.99. The quantitative estimate of drug-likeness (QED) is 0.200. The Morgan fingerprint density at radius 2 is 1.65 bits per heavy atom. The zero-order valence-corrected chi connectivity index (χ0v) is 24.7. The van der Waals surface area contributed by atoms with Crippen LogP contribution in [-0.4, -0.2) is 42.5 Å². The Morgan fingerprint density at radius 3 is 2.40 bits per heavy atom. The molecular weight excluding hydrogens is 568 g/mol. The largest absolute Gasteiger partial charge is 0.497 e. The number of benzene rings is 4. The third-order valence-corrected chi connectivity index (χ3v) is 7.76. The lowest BCUT2D eigenvalue weighted by Crippen LogP contribution is -2.53. The number of rotatable bonds is 12. The number of nitrogens with zero attached hydrogens (tertiary/aromatic N) is 1. The predicted octanol–water partition coefficient (Wildman–Crippen LogP) is 6.54. The standard InChI is InChI=1S/C33H35BrN2O4/c1-4-23(2)35-33(38)29(20-24-11-6-5-7-12-24)36(21-25-13-10-15-27(19-25)39-3)31(37)22-40-30-18-17-26-14-8-9-16-28(26)32(30)34/h5-19,23,29H,4,20-22H2,1-3H3,(H,35,38)/t23-,29+/m1/s1. The first-order chi connectivity index (χ1) is 19.4. The maximum absolute atomic E-state index is 13.9. The normalized spacial score (nSPS) is 12.4. The van der Waals surface area contributed by atoms with Gasteiger partial charge in [-0.05, 0) is 69.4 Å². The summed E-state index contributed by atoms with van der Waals surface area (Å²) < 4.78 is 12.3. The van der Waals surface area contributed by atoms with Crippen LogP contribution < -0.4 is 14.8 Å². The van der Waals surface area contributed by atoms with Gasteiger partial charge in [-0.25, -0.2) is 0 Å². The Hall–Kier alpha value is -3.84. The minimum absolute atomic E-state index is 0.0238. The Kier molecular flexibility index (Phi) is 10.2. The molecule has 208 valence electrons. The van der Waals surface area contributed by atoms with Crippen molar-refractivity contribution in [3.05, 3.63) is 107 Å². The van der Waals surface area contributed by atoms with Gasteiger partial charge in [-0.3, -0.25) is 9.59 Å². The topological polar surface area (TPSA) is 67.9 Å². The van der Waals surface area contributed by atoms with Crippen LogP contribution in [0.25, 0.3) is 10.8 Å². The fraction of sp³-hybridized carbons (Fsp3) is 0.273. The molecule has 0 radical (unpaired) electrons. The van der Waals surface area contributed by atoms with Crippen molar-refractivity contribution in [2.45, 2.75) is 45.3 Å². The zero-order chi connectivity index (χ0) is 28.5. The molecule has 40 heavy (non-hydrogen) atoms. The Labute approximate surface area is 244 Å². The summed E-state index contributed by atoms with van der Waals surface area (Å²) in [7, 11) is 1.61. The number of methoxy groups -OCH3 is 1. The van der Waals surface area contributed by atoms with Crippen LogP contribution in [0, 0.1) is 0 Å². The van der Waals surface area contributed by atoms with Crippen LogP contribution in [-0.2, 0) is 22.6 Å². The number of hydrogen-bond donors (Lipinski definition) is 1. The van der Waals surface area contributed by atoms with Crippen molar-refractivity contribution < 1.29 is 19.1 Å². The number of ether oxygens (including phenoxy) is 2. The summed E-state index contributed by atoms with van der Waals surface area (Å²) in [4.78, 5) is 29.2. The summed E-state index contributed by atoms with van der Waals surface area (Å²) in [6, 6.07) is 28.3. The molecule has 6 nitrogen and oxygen atoms in total. The van der Waals surface area contributed by atoms with Gasteiger partial charge in [0.1, 0.15) is 17.5 Å². The molecule has 2 amide bonds.